The summed E-state index contributed by atoms with van der Waals surface area (Å²) in [6.45, 7) is 1.84. The predicted molar refractivity (Wildman–Crippen MR) is 77.9 cm³/mol. The van der Waals surface area contributed by atoms with Gasteiger partial charge in [0.15, 0.2) is 5.58 Å². The number of hydrogen-bond acceptors (Lipinski definition) is 5. The van der Waals surface area contributed by atoms with Crippen molar-refractivity contribution in [3.05, 3.63) is 30.0 Å². The minimum atomic E-state index is -0.967. The second-order valence-corrected chi connectivity index (χ2v) is 6.24. The maximum absolute atomic E-state index is 12.4. The summed E-state index contributed by atoms with van der Waals surface area (Å²) in [5.41, 5.74) is 1.17. The lowest BCUT2D eigenvalue weighted by Gasteiger charge is -2.24. The Morgan fingerprint density at radius 2 is 2.24 bits per heavy atom. The molecule has 2 atom stereocenters. The number of rotatable bonds is 3. The first-order valence-corrected chi connectivity index (χ1v) is 7.61. The summed E-state index contributed by atoms with van der Waals surface area (Å²) in [6.07, 6.45) is 0.0473. The molecule has 2 unspecified atom stereocenters. The first kappa shape index (κ1) is 13.9. The molecular formula is C14H14N2O4S. The molecule has 110 valence electrons. The zero-order valence-corrected chi connectivity index (χ0v) is 12.2. The minimum Gasteiger partial charge on any atom is -0.480 e. The van der Waals surface area contributed by atoms with Gasteiger partial charge in [-0.25, -0.2) is 4.79 Å². The maximum atomic E-state index is 12.4. The number of thioether (sulfide) groups is 1. The van der Waals surface area contributed by atoms with Gasteiger partial charge in [0.05, 0.1) is 11.8 Å². The number of carboxylic acids is 1. The molecule has 0 bridgehead atoms. The smallest absolute Gasteiger partial charge is 0.327 e. The van der Waals surface area contributed by atoms with E-state index in [-0.39, 0.29) is 17.7 Å². The van der Waals surface area contributed by atoms with Crippen LogP contribution >= 0.6 is 11.8 Å². The largest absolute Gasteiger partial charge is 0.480 e. The molecular weight excluding hydrogens is 292 g/mol. The SMILES string of the molecule is CC1SCC(C(=O)O)N1C(=O)Cc1noc2ccccc12. The molecule has 6 nitrogen and oxygen atoms in total. The Bertz CT molecular complexity index is 699. The highest BCUT2D eigenvalue weighted by Gasteiger charge is 2.39. The van der Waals surface area contributed by atoms with E-state index in [0.29, 0.717) is 17.0 Å². The summed E-state index contributed by atoms with van der Waals surface area (Å²) >= 11 is 1.47. The molecule has 0 saturated carbocycles. The topological polar surface area (TPSA) is 83.6 Å². The van der Waals surface area contributed by atoms with Crippen LogP contribution in [0.25, 0.3) is 11.0 Å². The summed E-state index contributed by atoms with van der Waals surface area (Å²) in [5.74, 6) is -0.786. The van der Waals surface area contributed by atoms with E-state index in [9.17, 15) is 14.7 Å². The molecule has 3 rings (SSSR count). The van der Waals surface area contributed by atoms with Crippen molar-refractivity contribution >= 4 is 34.6 Å². The Kier molecular flexibility index (Phi) is 3.59. The normalized spacial score (nSPS) is 21.9. The van der Waals surface area contributed by atoms with Crippen LogP contribution in [0.5, 0.6) is 0 Å². The molecule has 0 spiro atoms. The number of carbonyl (C=O) groups excluding carboxylic acids is 1. The number of nitrogens with zero attached hydrogens (tertiary/aromatic N) is 2. The van der Waals surface area contributed by atoms with Crippen LogP contribution < -0.4 is 0 Å². The summed E-state index contributed by atoms with van der Waals surface area (Å²) in [5, 5.41) is 13.8. The zero-order chi connectivity index (χ0) is 15.0. The number of carbonyl (C=O) groups is 2. The van der Waals surface area contributed by atoms with Crippen LogP contribution in [0.15, 0.2) is 28.8 Å². The van der Waals surface area contributed by atoms with E-state index in [0.717, 1.165) is 5.39 Å². The van der Waals surface area contributed by atoms with Crippen molar-refractivity contribution in [3.63, 3.8) is 0 Å². The number of fused-ring (bicyclic) bond motifs is 1. The summed E-state index contributed by atoms with van der Waals surface area (Å²) in [6, 6.07) is 6.53. The molecule has 1 aliphatic heterocycles. The van der Waals surface area contributed by atoms with Crippen molar-refractivity contribution in [1.29, 1.82) is 0 Å². The van der Waals surface area contributed by atoms with Gasteiger partial charge in [-0.1, -0.05) is 17.3 Å². The van der Waals surface area contributed by atoms with Crippen molar-refractivity contribution in [2.24, 2.45) is 0 Å². The first-order valence-electron chi connectivity index (χ1n) is 6.57. The Hall–Kier alpha value is -2.02. The Morgan fingerprint density at radius 1 is 1.48 bits per heavy atom. The summed E-state index contributed by atoms with van der Waals surface area (Å²) in [4.78, 5) is 25.1. The van der Waals surface area contributed by atoms with Crippen LogP contribution in [-0.2, 0) is 16.0 Å². The average molecular weight is 306 g/mol. The molecule has 0 radical (unpaired) electrons. The van der Waals surface area contributed by atoms with Crippen molar-refractivity contribution in [1.82, 2.24) is 10.1 Å². The fraction of sp³-hybridized carbons (Fsp3) is 0.357. The van der Waals surface area contributed by atoms with Crippen LogP contribution in [0, 0.1) is 0 Å². The van der Waals surface area contributed by atoms with Crippen molar-refractivity contribution in [2.75, 3.05) is 5.75 Å². The summed E-state index contributed by atoms with van der Waals surface area (Å²) in [7, 11) is 0. The van der Waals surface area contributed by atoms with Crippen LogP contribution in [0.2, 0.25) is 0 Å². The monoisotopic (exact) mass is 306 g/mol. The molecule has 1 aliphatic rings. The lowest BCUT2D eigenvalue weighted by atomic mass is 10.1. The highest BCUT2D eigenvalue weighted by molar-refractivity contribution is 8.00. The third-order valence-electron chi connectivity index (χ3n) is 3.57. The molecule has 1 aromatic carbocycles. The van der Waals surface area contributed by atoms with Crippen molar-refractivity contribution in [3.8, 4) is 0 Å². The number of carboxylic acid groups (broad SMARTS) is 1. The molecule has 1 aromatic heterocycles. The Balaban J connectivity index is 1.84. The van der Waals surface area contributed by atoms with Gasteiger partial charge >= 0.3 is 5.97 Å². The highest BCUT2D eigenvalue weighted by Crippen LogP contribution is 2.30. The van der Waals surface area contributed by atoms with Gasteiger partial charge in [0.1, 0.15) is 11.7 Å². The fourth-order valence-corrected chi connectivity index (χ4v) is 3.70. The molecule has 1 fully saturated rings. The van der Waals surface area contributed by atoms with Gasteiger partial charge in [-0.15, -0.1) is 11.8 Å². The number of para-hydroxylation sites is 1. The van der Waals surface area contributed by atoms with Gasteiger partial charge in [0, 0.05) is 11.1 Å². The van der Waals surface area contributed by atoms with Crippen LogP contribution in [-0.4, -0.2) is 44.2 Å². The van der Waals surface area contributed by atoms with Gasteiger partial charge < -0.3 is 14.5 Å². The van der Waals surface area contributed by atoms with Crippen molar-refractivity contribution in [2.45, 2.75) is 24.8 Å². The van der Waals surface area contributed by atoms with E-state index in [1.807, 2.05) is 25.1 Å². The molecule has 1 saturated heterocycles. The molecule has 1 N–H and O–H groups in total. The van der Waals surface area contributed by atoms with E-state index in [1.54, 1.807) is 6.07 Å². The molecule has 0 aliphatic carbocycles. The highest BCUT2D eigenvalue weighted by atomic mass is 32.2. The van der Waals surface area contributed by atoms with Crippen LogP contribution in [0.1, 0.15) is 12.6 Å². The third kappa shape index (κ3) is 2.49. The second kappa shape index (κ2) is 5.40. The van der Waals surface area contributed by atoms with E-state index in [4.69, 9.17) is 4.52 Å². The number of benzene rings is 1. The molecule has 2 aromatic rings. The Labute approximate surface area is 125 Å². The first-order chi connectivity index (χ1) is 10.1. The fourth-order valence-electron chi connectivity index (χ4n) is 2.51. The number of aliphatic carboxylic acids is 1. The Morgan fingerprint density at radius 3 is 3.00 bits per heavy atom. The van der Waals surface area contributed by atoms with Gasteiger partial charge in [-0.05, 0) is 19.1 Å². The van der Waals surface area contributed by atoms with Crippen molar-refractivity contribution < 1.29 is 19.2 Å². The number of aromatic nitrogens is 1. The minimum absolute atomic E-state index is 0.0473. The second-order valence-electron chi connectivity index (χ2n) is 4.89. The van der Waals surface area contributed by atoms with E-state index < -0.39 is 12.0 Å². The van der Waals surface area contributed by atoms with Gasteiger partial charge in [-0.2, -0.15) is 0 Å². The predicted octanol–water partition coefficient (Wildman–Crippen LogP) is 1.74. The average Bonchev–Trinajstić information content (AvgIpc) is 3.03. The maximum Gasteiger partial charge on any atom is 0.327 e. The van der Waals surface area contributed by atoms with E-state index in [2.05, 4.69) is 5.16 Å². The summed E-state index contributed by atoms with van der Waals surface area (Å²) < 4.78 is 5.17. The van der Waals surface area contributed by atoms with Gasteiger partial charge in [-0.3, -0.25) is 4.79 Å². The number of hydrogen-bond donors (Lipinski definition) is 1. The lowest BCUT2D eigenvalue weighted by molar-refractivity contribution is -0.148. The molecule has 1 amide bonds. The van der Waals surface area contributed by atoms with Crippen LogP contribution in [0.4, 0.5) is 0 Å². The quantitative estimate of drug-likeness (QED) is 0.930. The van der Waals surface area contributed by atoms with Gasteiger partial charge in [0.25, 0.3) is 0 Å². The molecule has 7 heteroatoms. The molecule has 21 heavy (non-hydrogen) atoms. The number of amides is 1. The van der Waals surface area contributed by atoms with Gasteiger partial charge in [0.2, 0.25) is 5.91 Å². The third-order valence-corrected chi connectivity index (χ3v) is 4.78. The standard InChI is InChI=1S/C14H14N2O4S/c1-8-16(11(7-21-8)14(18)19)13(17)6-10-9-4-2-3-5-12(9)20-15-10/h2-5,8,11H,6-7H2,1H3,(H,18,19). The molecule has 2 heterocycles. The zero-order valence-electron chi connectivity index (χ0n) is 11.4. The van der Waals surface area contributed by atoms with E-state index in [1.165, 1.54) is 16.7 Å². The van der Waals surface area contributed by atoms with E-state index >= 15 is 0 Å². The van der Waals surface area contributed by atoms with Crippen LogP contribution in [0.3, 0.4) is 0 Å². The lowest BCUT2D eigenvalue weighted by Crippen LogP contribution is -2.45.